The summed E-state index contributed by atoms with van der Waals surface area (Å²) in [5.74, 6) is -0.197. The molecule has 0 N–H and O–H groups in total. The van der Waals surface area contributed by atoms with Crippen LogP contribution in [-0.2, 0) is 20.8 Å². The molecule has 0 saturated heterocycles. The first kappa shape index (κ1) is 22.1. The van der Waals surface area contributed by atoms with Crippen LogP contribution in [0.15, 0.2) is 35.5 Å². The number of carbonyl (C=O) groups excluding carboxylic acids is 2. The summed E-state index contributed by atoms with van der Waals surface area (Å²) in [5, 5.41) is 9.27. The summed E-state index contributed by atoms with van der Waals surface area (Å²) in [7, 11) is 0. The van der Waals surface area contributed by atoms with E-state index >= 15 is 0 Å². The monoisotopic (exact) mass is 447 g/mol. The minimum atomic E-state index is -0.792. The number of benzene rings is 1. The number of hydrogen-bond donors (Lipinski definition) is 0. The molecule has 3 aliphatic carbocycles. The molecule has 2 unspecified atom stereocenters. The molecule has 2 saturated carbocycles. The lowest BCUT2D eigenvalue weighted by atomic mass is 9.65. The summed E-state index contributed by atoms with van der Waals surface area (Å²) in [6, 6.07) is 10.1. The molecule has 1 aromatic carbocycles. The molecule has 0 spiro atoms. The maximum Gasteiger partial charge on any atom is 0.342 e. The van der Waals surface area contributed by atoms with Gasteiger partial charge >= 0.3 is 5.97 Å². The lowest BCUT2D eigenvalue weighted by Crippen LogP contribution is -2.41. The van der Waals surface area contributed by atoms with Gasteiger partial charge in [0.1, 0.15) is 5.78 Å². The Bertz CT molecular complexity index is 1190. The first-order chi connectivity index (χ1) is 15.4. The Balaban J connectivity index is 1.52. The predicted molar refractivity (Wildman–Crippen MR) is 126 cm³/mol. The van der Waals surface area contributed by atoms with Crippen molar-refractivity contribution in [3.63, 3.8) is 0 Å². The normalized spacial score (nSPS) is 30.5. The maximum atomic E-state index is 13.5. The number of aromatic nitrogens is 2. The molecule has 33 heavy (non-hydrogen) atoms. The van der Waals surface area contributed by atoms with Gasteiger partial charge in [-0.1, -0.05) is 58.0 Å². The number of carbonyl (C=O) groups is 2. The summed E-state index contributed by atoms with van der Waals surface area (Å²) >= 11 is 0. The molecule has 174 valence electrons. The molecule has 2 bridgehead atoms. The Kier molecular flexibility index (Phi) is 4.59. The van der Waals surface area contributed by atoms with E-state index in [4.69, 9.17) is 9.94 Å². The van der Waals surface area contributed by atoms with E-state index in [1.54, 1.807) is 0 Å². The third kappa shape index (κ3) is 2.92. The smallest absolute Gasteiger partial charge is 0.317 e. The van der Waals surface area contributed by atoms with Gasteiger partial charge in [-0.25, -0.2) is 9.48 Å². The van der Waals surface area contributed by atoms with Gasteiger partial charge in [-0.15, -0.1) is 0 Å². The molecule has 5 rings (SSSR count). The fourth-order valence-corrected chi connectivity index (χ4v) is 6.53. The van der Waals surface area contributed by atoms with Gasteiger partial charge in [0.2, 0.25) is 0 Å². The van der Waals surface area contributed by atoms with E-state index in [2.05, 4.69) is 19.0 Å². The number of Topliss-reactive ketones (excluding diaryl/α,β-unsaturated/α-hetero) is 1. The van der Waals surface area contributed by atoms with Crippen molar-refractivity contribution >= 4 is 17.5 Å². The van der Waals surface area contributed by atoms with Crippen molar-refractivity contribution in [1.82, 2.24) is 9.78 Å². The van der Waals surface area contributed by atoms with Crippen LogP contribution in [-0.4, -0.2) is 27.2 Å². The summed E-state index contributed by atoms with van der Waals surface area (Å²) < 4.78 is 1.99. The molecule has 0 amide bonds. The number of ketones is 1. The van der Waals surface area contributed by atoms with Crippen LogP contribution in [0, 0.1) is 28.6 Å². The molecule has 3 aliphatic rings. The largest absolute Gasteiger partial charge is 0.342 e. The Hall–Kier alpha value is -2.76. The van der Waals surface area contributed by atoms with Crippen LogP contribution in [0.3, 0.4) is 0 Å². The Morgan fingerprint density at radius 3 is 2.33 bits per heavy atom. The molecule has 2 aromatic rings. The van der Waals surface area contributed by atoms with E-state index in [-0.39, 0.29) is 23.6 Å². The second kappa shape index (κ2) is 6.87. The number of nitrogens with zero attached hydrogens (tertiary/aromatic N) is 3. The SMILES string of the molecule is Cc1nn(-c2ccccc2)c2c1/C(=N/OC(=O)C13CCC(C)(C(=O)C1)C3(C)C)CC(C)(C)C2. The first-order valence-electron chi connectivity index (χ1n) is 11.9. The highest BCUT2D eigenvalue weighted by Crippen LogP contribution is 2.70. The molecular formula is C27H33N3O3. The van der Waals surface area contributed by atoms with E-state index < -0.39 is 16.2 Å². The molecule has 0 aliphatic heterocycles. The van der Waals surface area contributed by atoms with E-state index in [0.717, 1.165) is 41.2 Å². The van der Waals surface area contributed by atoms with Crippen molar-refractivity contribution < 1.29 is 14.4 Å². The highest BCUT2D eigenvalue weighted by molar-refractivity contribution is 6.04. The minimum absolute atomic E-state index is 0.0515. The van der Waals surface area contributed by atoms with Gasteiger partial charge in [0.15, 0.2) is 0 Å². The van der Waals surface area contributed by atoms with Crippen LogP contribution in [0.4, 0.5) is 0 Å². The topological polar surface area (TPSA) is 73.5 Å². The molecule has 2 fully saturated rings. The van der Waals surface area contributed by atoms with E-state index in [1.807, 2.05) is 62.7 Å². The van der Waals surface area contributed by atoms with Gasteiger partial charge in [-0.2, -0.15) is 5.10 Å². The highest BCUT2D eigenvalue weighted by Gasteiger charge is 2.73. The summed E-state index contributed by atoms with van der Waals surface area (Å²) in [5.41, 5.74) is 2.95. The fraction of sp³-hybridized carbons (Fsp3) is 0.556. The first-order valence-corrected chi connectivity index (χ1v) is 11.9. The predicted octanol–water partition coefficient (Wildman–Crippen LogP) is 5.19. The molecule has 1 aromatic heterocycles. The van der Waals surface area contributed by atoms with Crippen molar-refractivity contribution in [2.45, 2.75) is 73.6 Å². The fourth-order valence-electron chi connectivity index (χ4n) is 6.53. The number of hydrogen-bond acceptors (Lipinski definition) is 5. The van der Waals surface area contributed by atoms with Gasteiger partial charge in [-0.3, -0.25) is 4.79 Å². The lowest BCUT2D eigenvalue weighted by molar-refractivity contribution is -0.161. The van der Waals surface area contributed by atoms with Gasteiger partial charge in [0.05, 0.1) is 28.2 Å². The second-order valence-corrected chi connectivity index (χ2v) is 11.7. The van der Waals surface area contributed by atoms with Crippen molar-refractivity contribution in [3.8, 4) is 5.69 Å². The average molecular weight is 448 g/mol. The van der Waals surface area contributed by atoms with Crippen molar-refractivity contribution in [3.05, 3.63) is 47.3 Å². The number of aryl methyl sites for hydroxylation is 1. The van der Waals surface area contributed by atoms with Gasteiger partial charge < -0.3 is 4.84 Å². The Morgan fingerprint density at radius 1 is 1.03 bits per heavy atom. The lowest BCUT2D eigenvalue weighted by Gasteiger charge is -2.37. The average Bonchev–Trinajstić information content (AvgIpc) is 3.24. The zero-order valence-electron chi connectivity index (χ0n) is 20.5. The van der Waals surface area contributed by atoms with Crippen LogP contribution in [0.25, 0.3) is 5.69 Å². The zero-order valence-corrected chi connectivity index (χ0v) is 20.5. The maximum absolute atomic E-state index is 13.5. The standard InChI is InChI=1S/C27H33N3O3/c1-17-22-19(14-24(2,3)15-20(22)30(28-17)18-10-8-7-9-11-18)29-33-23(32)27-13-12-26(6,21(31)16-27)25(27,4)5/h7-11H,12-16H2,1-6H3/b29-19+. The Morgan fingerprint density at radius 2 is 1.73 bits per heavy atom. The van der Waals surface area contributed by atoms with Gasteiger partial charge in [0, 0.05) is 17.4 Å². The molecule has 6 heteroatoms. The van der Waals surface area contributed by atoms with Crippen molar-refractivity contribution in [1.29, 1.82) is 0 Å². The summed E-state index contributed by atoms with van der Waals surface area (Å²) in [4.78, 5) is 31.9. The third-order valence-electron chi connectivity index (χ3n) is 9.07. The molecule has 6 nitrogen and oxygen atoms in total. The van der Waals surface area contributed by atoms with E-state index in [9.17, 15) is 9.59 Å². The Labute approximate surface area is 195 Å². The second-order valence-electron chi connectivity index (χ2n) is 11.7. The summed E-state index contributed by atoms with van der Waals surface area (Å²) in [6.07, 6.45) is 3.21. The number of para-hydroxylation sites is 1. The highest BCUT2D eigenvalue weighted by atomic mass is 16.7. The van der Waals surface area contributed by atoms with Gasteiger partial charge in [-0.05, 0) is 55.6 Å². The van der Waals surface area contributed by atoms with Crippen LogP contribution in [0.2, 0.25) is 0 Å². The number of oxime groups is 1. The molecule has 0 radical (unpaired) electrons. The van der Waals surface area contributed by atoms with E-state index in [1.165, 1.54) is 0 Å². The molecule has 2 atom stereocenters. The third-order valence-corrected chi connectivity index (χ3v) is 9.07. The van der Waals surface area contributed by atoms with Crippen LogP contribution in [0.1, 0.15) is 77.3 Å². The molecule has 1 heterocycles. The van der Waals surface area contributed by atoms with Crippen LogP contribution in [0.5, 0.6) is 0 Å². The summed E-state index contributed by atoms with van der Waals surface area (Å²) in [6.45, 7) is 12.5. The minimum Gasteiger partial charge on any atom is -0.317 e. The zero-order chi connectivity index (χ0) is 23.8. The van der Waals surface area contributed by atoms with Crippen molar-refractivity contribution in [2.75, 3.05) is 0 Å². The number of rotatable bonds is 3. The quantitative estimate of drug-likeness (QED) is 0.480. The number of fused-ring (bicyclic) bond motifs is 3. The van der Waals surface area contributed by atoms with E-state index in [0.29, 0.717) is 12.8 Å². The molecular weight excluding hydrogens is 414 g/mol. The van der Waals surface area contributed by atoms with Crippen LogP contribution >= 0.6 is 0 Å². The van der Waals surface area contributed by atoms with Crippen LogP contribution < -0.4 is 0 Å². The van der Waals surface area contributed by atoms with Crippen molar-refractivity contribution in [2.24, 2.45) is 26.8 Å². The van der Waals surface area contributed by atoms with Gasteiger partial charge in [0.25, 0.3) is 0 Å².